The third-order valence-electron chi connectivity index (χ3n) is 3.36. The van der Waals surface area contributed by atoms with Crippen molar-refractivity contribution in [1.29, 1.82) is 0 Å². The second-order valence-corrected chi connectivity index (χ2v) is 5.75. The van der Waals surface area contributed by atoms with E-state index in [1.165, 1.54) is 21.1 Å². The van der Waals surface area contributed by atoms with E-state index < -0.39 is 5.91 Å². The van der Waals surface area contributed by atoms with E-state index in [1.54, 1.807) is 48.5 Å². The van der Waals surface area contributed by atoms with Crippen LogP contribution in [0.1, 0.15) is 12.5 Å². The first-order valence-electron chi connectivity index (χ1n) is 7.71. The summed E-state index contributed by atoms with van der Waals surface area (Å²) >= 11 is 5.92. The lowest BCUT2D eigenvalue weighted by Crippen LogP contribution is -2.28. The minimum atomic E-state index is -0.475. The maximum Gasteiger partial charge on any atom is 0.272 e. The van der Waals surface area contributed by atoms with Gasteiger partial charge in [-0.1, -0.05) is 23.7 Å². The molecule has 2 aromatic carbocycles. The number of carbonyl (C=O) groups is 2. The molecule has 0 radical (unpaired) electrons. The number of amides is 2. The molecule has 0 saturated carbocycles. The Kier molecular flexibility index (Phi) is 6.63. The van der Waals surface area contributed by atoms with E-state index in [0.29, 0.717) is 27.8 Å². The first-order valence-corrected chi connectivity index (χ1v) is 8.09. The summed E-state index contributed by atoms with van der Waals surface area (Å²) in [7, 11) is 3.06. The lowest BCUT2D eigenvalue weighted by molar-refractivity contribution is -0.120. The van der Waals surface area contributed by atoms with Crippen LogP contribution in [0.5, 0.6) is 11.5 Å². The van der Waals surface area contributed by atoms with Crippen molar-refractivity contribution in [2.45, 2.75) is 6.92 Å². The standard InChI is InChI=1S/C19H19ClN2O4/c1-12(23)21-16(19(24)22-15-6-4-5-14(20)11-15)9-13-7-8-17(25-2)18(10-13)26-3/h4-11H,1-3H3,(H,21,23)(H,22,24)/b16-9+. The zero-order valence-corrected chi connectivity index (χ0v) is 15.4. The van der Waals surface area contributed by atoms with Crippen LogP contribution in [-0.2, 0) is 9.59 Å². The SMILES string of the molecule is COc1ccc(/C=C(/NC(C)=O)C(=O)Nc2cccc(Cl)c2)cc1OC. The number of ether oxygens (including phenoxy) is 2. The number of nitrogens with one attached hydrogen (secondary N) is 2. The highest BCUT2D eigenvalue weighted by molar-refractivity contribution is 6.31. The van der Waals surface area contributed by atoms with E-state index in [9.17, 15) is 9.59 Å². The second kappa shape index (κ2) is 8.92. The second-order valence-electron chi connectivity index (χ2n) is 5.32. The Labute approximate surface area is 156 Å². The molecule has 0 aliphatic heterocycles. The van der Waals surface area contributed by atoms with E-state index in [2.05, 4.69) is 10.6 Å². The van der Waals surface area contributed by atoms with E-state index in [4.69, 9.17) is 21.1 Å². The molecule has 0 aromatic heterocycles. The van der Waals surface area contributed by atoms with Crippen molar-refractivity contribution in [1.82, 2.24) is 5.32 Å². The molecule has 2 amide bonds. The molecule has 0 unspecified atom stereocenters. The van der Waals surface area contributed by atoms with E-state index in [-0.39, 0.29) is 11.6 Å². The van der Waals surface area contributed by atoms with Gasteiger partial charge in [0.05, 0.1) is 14.2 Å². The normalized spacial score (nSPS) is 10.8. The van der Waals surface area contributed by atoms with Gasteiger partial charge in [-0.15, -0.1) is 0 Å². The van der Waals surface area contributed by atoms with Crippen molar-refractivity contribution in [3.8, 4) is 11.5 Å². The molecule has 0 aliphatic rings. The quantitative estimate of drug-likeness (QED) is 0.759. The largest absolute Gasteiger partial charge is 0.493 e. The Bertz CT molecular complexity index is 849. The highest BCUT2D eigenvalue weighted by atomic mass is 35.5. The lowest BCUT2D eigenvalue weighted by Gasteiger charge is -2.11. The van der Waals surface area contributed by atoms with Crippen molar-refractivity contribution in [3.63, 3.8) is 0 Å². The Balaban J connectivity index is 2.32. The van der Waals surface area contributed by atoms with E-state index >= 15 is 0 Å². The molecule has 0 atom stereocenters. The van der Waals surface area contributed by atoms with Crippen molar-refractivity contribution >= 4 is 35.2 Å². The minimum Gasteiger partial charge on any atom is -0.493 e. The Morgan fingerprint density at radius 3 is 2.38 bits per heavy atom. The minimum absolute atomic E-state index is 0.0877. The van der Waals surface area contributed by atoms with Gasteiger partial charge in [-0.05, 0) is 42.0 Å². The molecule has 0 aliphatic carbocycles. The number of rotatable bonds is 6. The molecular formula is C19H19ClN2O4. The molecular weight excluding hydrogens is 356 g/mol. The maximum absolute atomic E-state index is 12.5. The van der Waals surface area contributed by atoms with Gasteiger partial charge >= 0.3 is 0 Å². The molecule has 2 N–H and O–H groups in total. The zero-order valence-electron chi connectivity index (χ0n) is 14.6. The lowest BCUT2D eigenvalue weighted by atomic mass is 10.1. The van der Waals surface area contributed by atoms with Crippen LogP contribution in [-0.4, -0.2) is 26.0 Å². The van der Waals surface area contributed by atoms with Crippen LogP contribution in [0.2, 0.25) is 5.02 Å². The van der Waals surface area contributed by atoms with Crippen LogP contribution in [0.25, 0.3) is 6.08 Å². The zero-order chi connectivity index (χ0) is 19.1. The number of halogens is 1. The first-order chi connectivity index (χ1) is 12.4. The van der Waals surface area contributed by atoms with Gasteiger partial charge in [0.25, 0.3) is 5.91 Å². The molecule has 0 spiro atoms. The summed E-state index contributed by atoms with van der Waals surface area (Å²) in [6.07, 6.45) is 1.54. The predicted octanol–water partition coefficient (Wildman–Crippen LogP) is 3.47. The van der Waals surface area contributed by atoms with Crippen LogP contribution in [0.3, 0.4) is 0 Å². The third-order valence-corrected chi connectivity index (χ3v) is 3.59. The number of hydrogen-bond donors (Lipinski definition) is 2. The number of carbonyl (C=O) groups excluding carboxylic acids is 2. The van der Waals surface area contributed by atoms with Gasteiger partial charge in [-0.3, -0.25) is 9.59 Å². The number of methoxy groups -OCH3 is 2. The van der Waals surface area contributed by atoms with Gasteiger partial charge in [0, 0.05) is 17.6 Å². The van der Waals surface area contributed by atoms with Crippen LogP contribution in [0.15, 0.2) is 48.2 Å². The van der Waals surface area contributed by atoms with Crippen LogP contribution >= 0.6 is 11.6 Å². The smallest absolute Gasteiger partial charge is 0.272 e. The first kappa shape index (κ1) is 19.3. The number of hydrogen-bond acceptors (Lipinski definition) is 4. The van der Waals surface area contributed by atoms with E-state index in [1.807, 2.05) is 0 Å². The fourth-order valence-electron chi connectivity index (χ4n) is 2.22. The molecule has 0 fully saturated rings. The van der Waals surface area contributed by atoms with Gasteiger partial charge in [0.15, 0.2) is 11.5 Å². The van der Waals surface area contributed by atoms with Gasteiger partial charge in [-0.2, -0.15) is 0 Å². The summed E-state index contributed by atoms with van der Waals surface area (Å²) < 4.78 is 10.4. The molecule has 0 heterocycles. The molecule has 0 saturated heterocycles. The Morgan fingerprint density at radius 2 is 1.77 bits per heavy atom. The van der Waals surface area contributed by atoms with Crippen LogP contribution < -0.4 is 20.1 Å². The summed E-state index contributed by atoms with van der Waals surface area (Å²) in [4.78, 5) is 24.0. The van der Waals surface area contributed by atoms with Crippen molar-refractivity contribution in [3.05, 3.63) is 58.7 Å². The molecule has 7 heteroatoms. The highest BCUT2D eigenvalue weighted by Gasteiger charge is 2.13. The predicted molar refractivity (Wildman–Crippen MR) is 101 cm³/mol. The van der Waals surface area contributed by atoms with Crippen LogP contribution in [0.4, 0.5) is 5.69 Å². The Morgan fingerprint density at radius 1 is 1.04 bits per heavy atom. The summed E-state index contributed by atoms with van der Waals surface area (Å²) in [6.45, 7) is 1.33. The van der Waals surface area contributed by atoms with Crippen LogP contribution in [0, 0.1) is 0 Å². The Hall–Kier alpha value is -2.99. The average Bonchev–Trinajstić information content (AvgIpc) is 2.60. The van der Waals surface area contributed by atoms with Gasteiger partial charge in [0.1, 0.15) is 5.70 Å². The van der Waals surface area contributed by atoms with Crippen molar-refractivity contribution in [2.24, 2.45) is 0 Å². The van der Waals surface area contributed by atoms with E-state index in [0.717, 1.165) is 0 Å². The number of benzene rings is 2. The van der Waals surface area contributed by atoms with Gasteiger partial charge in [-0.25, -0.2) is 0 Å². The fraction of sp³-hybridized carbons (Fsp3) is 0.158. The van der Waals surface area contributed by atoms with Gasteiger partial charge in [0.2, 0.25) is 5.91 Å². The average molecular weight is 375 g/mol. The van der Waals surface area contributed by atoms with Crippen molar-refractivity contribution in [2.75, 3.05) is 19.5 Å². The number of anilines is 1. The summed E-state index contributed by atoms with van der Waals surface area (Å²) in [5.74, 6) is 0.239. The third kappa shape index (κ3) is 5.26. The maximum atomic E-state index is 12.5. The molecule has 6 nitrogen and oxygen atoms in total. The summed E-state index contributed by atoms with van der Waals surface area (Å²) in [6, 6.07) is 11.9. The van der Waals surface area contributed by atoms with Crippen molar-refractivity contribution < 1.29 is 19.1 Å². The molecule has 26 heavy (non-hydrogen) atoms. The topological polar surface area (TPSA) is 76.7 Å². The summed E-state index contributed by atoms with van der Waals surface area (Å²) in [5.41, 5.74) is 1.27. The highest BCUT2D eigenvalue weighted by Crippen LogP contribution is 2.28. The molecule has 136 valence electrons. The van der Waals surface area contributed by atoms with Gasteiger partial charge < -0.3 is 20.1 Å². The molecule has 0 bridgehead atoms. The molecule has 2 aromatic rings. The summed E-state index contributed by atoms with van der Waals surface area (Å²) in [5, 5.41) is 5.72. The fourth-order valence-corrected chi connectivity index (χ4v) is 2.41. The molecule has 2 rings (SSSR count). The monoisotopic (exact) mass is 374 g/mol.